The summed E-state index contributed by atoms with van der Waals surface area (Å²) in [5.41, 5.74) is 0.621. The summed E-state index contributed by atoms with van der Waals surface area (Å²) in [5.74, 6) is 0.0850. The van der Waals surface area contributed by atoms with E-state index in [1.807, 2.05) is 6.92 Å². The largest absolute Gasteiger partial charge is 0.491 e. The van der Waals surface area contributed by atoms with Gasteiger partial charge in [-0.3, -0.25) is 0 Å². The molecule has 0 bridgehead atoms. The first-order valence-corrected chi connectivity index (χ1v) is 5.05. The number of aryl methyl sites for hydroxylation is 1. The summed E-state index contributed by atoms with van der Waals surface area (Å²) < 4.78 is 18.1. The van der Waals surface area contributed by atoms with Crippen molar-refractivity contribution in [2.45, 2.75) is 34.1 Å². The molecule has 1 aromatic carbocycles. The molecule has 0 N–H and O–H groups in total. The number of ether oxygens (including phenoxy) is 1. The molecule has 0 saturated heterocycles. The quantitative estimate of drug-likeness (QED) is 0.699. The van der Waals surface area contributed by atoms with Crippen molar-refractivity contribution in [2.24, 2.45) is 0 Å². The van der Waals surface area contributed by atoms with Crippen LogP contribution >= 0.6 is 0 Å². The monoisotopic (exact) mass is 198 g/mol. The van der Waals surface area contributed by atoms with E-state index in [0.29, 0.717) is 17.9 Å². The highest BCUT2D eigenvalue weighted by atomic mass is 19.1. The Labute approximate surface area is 85.9 Å². The van der Waals surface area contributed by atoms with Crippen molar-refractivity contribution in [3.05, 3.63) is 29.6 Å². The predicted octanol–water partition coefficient (Wildman–Crippen LogP) is 3.95. The van der Waals surface area contributed by atoms with E-state index in [0.717, 1.165) is 0 Å². The maximum Gasteiger partial charge on any atom is 0.167 e. The summed E-state index contributed by atoms with van der Waals surface area (Å²) in [4.78, 5) is 0. The lowest BCUT2D eigenvalue weighted by atomic mass is 10.2. The van der Waals surface area contributed by atoms with Gasteiger partial charge in [-0.2, -0.15) is 0 Å². The van der Waals surface area contributed by atoms with Gasteiger partial charge in [0.05, 0.1) is 6.61 Å². The average Bonchev–Trinajstić information content (AvgIpc) is 2.15. The molecule has 1 nitrogen and oxygen atoms in total. The number of rotatable bonds is 2. The Hall–Kier alpha value is -1.05. The molecule has 0 heterocycles. The van der Waals surface area contributed by atoms with Gasteiger partial charge in [0.25, 0.3) is 0 Å². The van der Waals surface area contributed by atoms with Crippen LogP contribution in [0.15, 0.2) is 18.2 Å². The van der Waals surface area contributed by atoms with Gasteiger partial charge in [-0.25, -0.2) is 4.39 Å². The minimum absolute atomic E-state index is 0.255. The smallest absolute Gasteiger partial charge is 0.167 e. The molecule has 1 rings (SSSR count). The van der Waals surface area contributed by atoms with Crippen molar-refractivity contribution in [1.82, 2.24) is 0 Å². The van der Waals surface area contributed by atoms with Crippen molar-refractivity contribution in [1.29, 1.82) is 0 Å². The van der Waals surface area contributed by atoms with Crippen LogP contribution < -0.4 is 4.74 Å². The normalized spacial score (nSPS) is 8.93. The van der Waals surface area contributed by atoms with Gasteiger partial charge in [0.1, 0.15) is 0 Å². The standard InChI is InChI=1S/C9H11FO.C3H8/c1-3-11-8-6-4-5-7(2)9(8)10;1-3-2/h4-6H,3H2,1-2H3;3H2,1-2H3. The summed E-state index contributed by atoms with van der Waals surface area (Å²) in [7, 11) is 0. The van der Waals surface area contributed by atoms with Gasteiger partial charge in [0, 0.05) is 0 Å². The van der Waals surface area contributed by atoms with Crippen molar-refractivity contribution in [3.8, 4) is 5.75 Å². The van der Waals surface area contributed by atoms with Crippen LogP contribution in [0, 0.1) is 12.7 Å². The first kappa shape index (κ1) is 12.9. The van der Waals surface area contributed by atoms with Crippen LogP contribution in [-0.2, 0) is 0 Å². The fraction of sp³-hybridized carbons (Fsp3) is 0.500. The van der Waals surface area contributed by atoms with Crippen molar-refractivity contribution in [2.75, 3.05) is 6.61 Å². The van der Waals surface area contributed by atoms with Crippen LogP contribution in [0.1, 0.15) is 32.8 Å². The molecular weight excluding hydrogens is 179 g/mol. The molecule has 0 atom stereocenters. The van der Waals surface area contributed by atoms with E-state index >= 15 is 0 Å². The van der Waals surface area contributed by atoms with Crippen molar-refractivity contribution in [3.63, 3.8) is 0 Å². The van der Waals surface area contributed by atoms with Crippen LogP contribution in [0.3, 0.4) is 0 Å². The Kier molecular flexibility index (Phi) is 6.81. The Morgan fingerprint density at radius 3 is 2.29 bits per heavy atom. The Bertz CT molecular complexity index is 258. The fourth-order valence-corrected chi connectivity index (χ4v) is 0.887. The van der Waals surface area contributed by atoms with Crippen LogP contribution in [0.5, 0.6) is 5.75 Å². The van der Waals surface area contributed by atoms with Crippen LogP contribution in [0.25, 0.3) is 0 Å². The summed E-state index contributed by atoms with van der Waals surface area (Å²) in [5, 5.41) is 0. The summed E-state index contributed by atoms with van der Waals surface area (Å²) >= 11 is 0. The molecule has 0 aliphatic carbocycles. The van der Waals surface area contributed by atoms with E-state index in [1.54, 1.807) is 25.1 Å². The lowest BCUT2D eigenvalue weighted by Crippen LogP contribution is -1.95. The van der Waals surface area contributed by atoms with Gasteiger partial charge in [-0.15, -0.1) is 0 Å². The van der Waals surface area contributed by atoms with Gasteiger partial charge < -0.3 is 4.74 Å². The van der Waals surface area contributed by atoms with Gasteiger partial charge in [0.15, 0.2) is 11.6 Å². The van der Waals surface area contributed by atoms with Crippen LogP contribution in [0.4, 0.5) is 4.39 Å². The first-order valence-electron chi connectivity index (χ1n) is 5.05. The molecule has 0 spiro atoms. The minimum atomic E-state index is -0.255. The molecule has 0 radical (unpaired) electrons. The molecular formula is C12H19FO. The predicted molar refractivity (Wildman–Crippen MR) is 58.3 cm³/mol. The molecule has 14 heavy (non-hydrogen) atoms. The second-order valence-corrected chi connectivity index (χ2v) is 3.03. The molecule has 0 aliphatic rings. The number of hydrogen-bond donors (Lipinski definition) is 0. The third-order valence-corrected chi connectivity index (χ3v) is 1.46. The zero-order chi connectivity index (χ0) is 11.0. The van der Waals surface area contributed by atoms with Crippen molar-refractivity contribution < 1.29 is 9.13 Å². The zero-order valence-electron chi connectivity index (χ0n) is 9.43. The van der Waals surface area contributed by atoms with Gasteiger partial charge in [-0.1, -0.05) is 32.4 Å². The van der Waals surface area contributed by atoms with Crippen LogP contribution in [-0.4, -0.2) is 6.61 Å². The lowest BCUT2D eigenvalue weighted by Gasteiger charge is -2.04. The SMILES string of the molecule is CCC.CCOc1cccc(C)c1F. The number of benzene rings is 1. The molecule has 0 saturated carbocycles. The van der Waals surface area contributed by atoms with E-state index in [4.69, 9.17) is 4.74 Å². The van der Waals surface area contributed by atoms with E-state index < -0.39 is 0 Å². The van der Waals surface area contributed by atoms with Gasteiger partial charge in [0.2, 0.25) is 0 Å². The molecule has 0 amide bonds. The number of hydrogen-bond acceptors (Lipinski definition) is 1. The van der Waals surface area contributed by atoms with Gasteiger partial charge >= 0.3 is 0 Å². The maximum atomic E-state index is 13.1. The summed E-state index contributed by atoms with van der Waals surface area (Å²) in [6.45, 7) is 8.31. The Morgan fingerprint density at radius 2 is 1.79 bits per heavy atom. The van der Waals surface area contributed by atoms with Gasteiger partial charge in [-0.05, 0) is 25.5 Å². The molecule has 0 aliphatic heterocycles. The van der Waals surface area contributed by atoms with E-state index in [-0.39, 0.29) is 5.82 Å². The molecule has 1 aromatic rings. The molecule has 0 unspecified atom stereocenters. The Balaban J connectivity index is 0.000000500. The highest BCUT2D eigenvalue weighted by Crippen LogP contribution is 2.18. The highest BCUT2D eigenvalue weighted by Gasteiger charge is 2.03. The molecule has 2 heteroatoms. The van der Waals surface area contributed by atoms with E-state index in [1.165, 1.54) is 6.42 Å². The van der Waals surface area contributed by atoms with Crippen LogP contribution in [0.2, 0.25) is 0 Å². The van der Waals surface area contributed by atoms with E-state index in [2.05, 4.69) is 13.8 Å². The van der Waals surface area contributed by atoms with E-state index in [9.17, 15) is 4.39 Å². The molecule has 0 fully saturated rings. The fourth-order valence-electron chi connectivity index (χ4n) is 0.887. The zero-order valence-corrected chi connectivity index (χ0v) is 9.43. The summed E-state index contributed by atoms with van der Waals surface area (Å²) in [6.07, 6.45) is 1.25. The third kappa shape index (κ3) is 4.26. The molecule has 0 aromatic heterocycles. The molecule has 80 valence electrons. The Morgan fingerprint density at radius 1 is 1.21 bits per heavy atom. The lowest BCUT2D eigenvalue weighted by molar-refractivity contribution is 0.320. The average molecular weight is 198 g/mol. The maximum absolute atomic E-state index is 13.1. The first-order chi connectivity index (χ1) is 6.67. The topological polar surface area (TPSA) is 9.23 Å². The second kappa shape index (κ2) is 7.36. The highest BCUT2D eigenvalue weighted by molar-refractivity contribution is 5.29. The third-order valence-electron chi connectivity index (χ3n) is 1.46. The van der Waals surface area contributed by atoms with Crippen molar-refractivity contribution >= 4 is 0 Å². The number of halogens is 1. The second-order valence-electron chi connectivity index (χ2n) is 3.03. The minimum Gasteiger partial charge on any atom is -0.491 e. The summed E-state index contributed by atoms with van der Waals surface area (Å²) in [6, 6.07) is 5.13.